The smallest absolute Gasteiger partial charge is 0.0283 e. The molecule has 0 aromatic heterocycles. The second-order valence-electron chi connectivity index (χ2n) is 8.74. The molecule has 0 saturated carbocycles. The number of halogens is 1. The van der Waals surface area contributed by atoms with E-state index in [9.17, 15) is 0 Å². The Labute approximate surface area is 185 Å². The van der Waals surface area contributed by atoms with Gasteiger partial charge in [0.2, 0.25) is 0 Å². The van der Waals surface area contributed by atoms with Crippen LogP contribution in [0, 0.1) is 0 Å². The van der Waals surface area contributed by atoms with E-state index in [2.05, 4.69) is 48.0 Å². The van der Waals surface area contributed by atoms with E-state index in [-0.39, 0.29) is 0 Å². The molecule has 0 bridgehead atoms. The Kier molecular flexibility index (Phi) is 17.2. The maximum Gasteiger partial charge on any atom is 0.0283 e. The Morgan fingerprint density at radius 1 is 0.464 bits per heavy atom. The van der Waals surface area contributed by atoms with Crippen molar-refractivity contribution in [3.05, 3.63) is 34.9 Å². The third-order valence-corrected chi connectivity index (χ3v) is 6.55. The van der Waals surface area contributed by atoms with E-state index in [0.717, 1.165) is 5.33 Å². The van der Waals surface area contributed by atoms with Crippen LogP contribution in [0.25, 0.3) is 0 Å². The van der Waals surface area contributed by atoms with Gasteiger partial charge in [0, 0.05) is 5.33 Å². The summed E-state index contributed by atoms with van der Waals surface area (Å²) in [5.41, 5.74) is 4.59. The Morgan fingerprint density at radius 3 is 1.14 bits per heavy atom. The molecule has 0 fully saturated rings. The zero-order valence-corrected chi connectivity index (χ0v) is 20.6. The molecule has 0 aliphatic carbocycles. The van der Waals surface area contributed by atoms with Crippen LogP contribution in [0.15, 0.2) is 18.2 Å². The average Bonchev–Trinajstić information content (AvgIpc) is 2.71. The van der Waals surface area contributed by atoms with Gasteiger partial charge in [-0.25, -0.2) is 0 Å². The highest BCUT2D eigenvalue weighted by Gasteiger charge is 2.02. The van der Waals surface area contributed by atoms with Crippen molar-refractivity contribution in [2.45, 2.75) is 135 Å². The quantitative estimate of drug-likeness (QED) is 0.145. The molecule has 0 amide bonds. The van der Waals surface area contributed by atoms with Crippen molar-refractivity contribution in [2.24, 2.45) is 0 Å². The summed E-state index contributed by atoms with van der Waals surface area (Å²) in [5, 5.41) is 0.988. The maximum atomic E-state index is 3.67. The molecule has 162 valence electrons. The van der Waals surface area contributed by atoms with Crippen molar-refractivity contribution < 1.29 is 0 Å². The van der Waals surface area contributed by atoms with Gasteiger partial charge in [-0.2, -0.15) is 0 Å². The van der Waals surface area contributed by atoms with Gasteiger partial charge in [0.25, 0.3) is 0 Å². The van der Waals surface area contributed by atoms with E-state index < -0.39 is 0 Å². The summed E-state index contributed by atoms with van der Waals surface area (Å²) in [6.45, 7) is 4.59. The lowest BCUT2D eigenvalue weighted by Crippen LogP contribution is -1.94. The van der Waals surface area contributed by atoms with Gasteiger partial charge in [0.15, 0.2) is 0 Å². The van der Waals surface area contributed by atoms with E-state index in [1.165, 1.54) is 121 Å². The summed E-state index contributed by atoms with van der Waals surface area (Å²) in [6.07, 6.45) is 25.1. The largest absolute Gasteiger partial charge is 0.0876 e. The molecule has 0 nitrogen and oxygen atoms in total. The normalized spacial score (nSPS) is 11.2. The van der Waals surface area contributed by atoms with Crippen molar-refractivity contribution in [1.29, 1.82) is 0 Å². The van der Waals surface area contributed by atoms with Crippen molar-refractivity contribution in [3.63, 3.8) is 0 Å². The Morgan fingerprint density at radius 2 is 0.786 bits per heavy atom. The minimum absolute atomic E-state index is 0.988. The molecular formula is C27H47Br. The molecule has 1 heteroatoms. The highest BCUT2D eigenvalue weighted by atomic mass is 79.9. The number of aryl methyl sites for hydroxylation is 2. The molecule has 0 N–H and O–H groups in total. The van der Waals surface area contributed by atoms with Crippen molar-refractivity contribution in [1.82, 2.24) is 0 Å². The van der Waals surface area contributed by atoms with E-state index in [0.29, 0.717) is 0 Å². The summed E-state index contributed by atoms with van der Waals surface area (Å²) >= 11 is 3.67. The third kappa shape index (κ3) is 13.8. The fourth-order valence-corrected chi connectivity index (χ4v) is 4.45. The molecule has 0 aliphatic heterocycles. The molecule has 0 radical (unpaired) electrons. The first-order valence-electron chi connectivity index (χ1n) is 12.5. The van der Waals surface area contributed by atoms with Gasteiger partial charge >= 0.3 is 0 Å². The first-order valence-corrected chi connectivity index (χ1v) is 13.6. The van der Waals surface area contributed by atoms with E-state index in [4.69, 9.17) is 0 Å². The zero-order valence-electron chi connectivity index (χ0n) is 19.0. The summed E-state index contributed by atoms with van der Waals surface area (Å²) in [5.74, 6) is 0. The number of alkyl halides is 1. The second-order valence-corrected chi connectivity index (χ2v) is 9.30. The van der Waals surface area contributed by atoms with Crippen molar-refractivity contribution in [2.75, 3.05) is 0 Å². The van der Waals surface area contributed by atoms with E-state index >= 15 is 0 Å². The van der Waals surface area contributed by atoms with Crippen LogP contribution >= 0.6 is 15.9 Å². The molecule has 0 aliphatic rings. The Hall–Kier alpha value is -0.300. The van der Waals surface area contributed by atoms with Crippen LogP contribution in [0.2, 0.25) is 0 Å². The van der Waals surface area contributed by atoms with Gasteiger partial charge in [-0.05, 0) is 42.4 Å². The molecule has 1 aromatic carbocycles. The number of benzene rings is 1. The molecule has 1 rings (SSSR count). The van der Waals surface area contributed by atoms with Gasteiger partial charge in [0.05, 0.1) is 0 Å². The van der Waals surface area contributed by atoms with Crippen LogP contribution < -0.4 is 0 Å². The first kappa shape index (κ1) is 25.7. The molecule has 0 atom stereocenters. The summed E-state index contributed by atoms with van der Waals surface area (Å²) in [4.78, 5) is 0. The van der Waals surface area contributed by atoms with Crippen LogP contribution in [-0.4, -0.2) is 0 Å². The van der Waals surface area contributed by atoms with Crippen LogP contribution in [0.5, 0.6) is 0 Å². The summed E-state index contributed by atoms with van der Waals surface area (Å²) in [6, 6.07) is 7.34. The molecule has 1 aromatic rings. The predicted octanol–water partition coefficient (Wildman–Crippen LogP) is 9.95. The number of hydrogen-bond acceptors (Lipinski definition) is 0. The molecule has 0 heterocycles. The van der Waals surface area contributed by atoms with Crippen LogP contribution in [0.3, 0.4) is 0 Å². The topological polar surface area (TPSA) is 0 Å². The highest BCUT2D eigenvalue weighted by Crippen LogP contribution is 2.19. The minimum atomic E-state index is 0.988. The number of rotatable bonds is 19. The van der Waals surface area contributed by atoms with E-state index in [1.807, 2.05) is 0 Å². The zero-order chi connectivity index (χ0) is 20.3. The molecule has 0 spiro atoms. The van der Waals surface area contributed by atoms with Crippen LogP contribution in [0.1, 0.15) is 133 Å². The van der Waals surface area contributed by atoms with Crippen LogP contribution in [-0.2, 0) is 18.2 Å². The third-order valence-electron chi connectivity index (χ3n) is 5.90. The molecule has 28 heavy (non-hydrogen) atoms. The second kappa shape index (κ2) is 18.7. The lowest BCUT2D eigenvalue weighted by molar-refractivity contribution is 0.556. The van der Waals surface area contributed by atoms with Crippen LogP contribution in [0.4, 0.5) is 0 Å². The Balaban J connectivity index is 2.19. The molecular weight excluding hydrogens is 404 g/mol. The highest BCUT2D eigenvalue weighted by molar-refractivity contribution is 9.08. The standard InChI is InChI=1S/C27H47Br/c1-3-5-7-9-11-12-13-14-16-18-20-26-21-25(22-27(23-26)24-28)19-17-15-10-8-6-4-2/h21-23H,3-20,24H2,1-2H3. The fraction of sp³-hybridized carbons (Fsp3) is 0.778. The minimum Gasteiger partial charge on any atom is -0.0876 e. The molecule has 0 unspecified atom stereocenters. The fourth-order valence-electron chi connectivity index (χ4n) is 4.13. The van der Waals surface area contributed by atoms with Gasteiger partial charge in [0.1, 0.15) is 0 Å². The van der Waals surface area contributed by atoms with Gasteiger partial charge < -0.3 is 0 Å². The number of unbranched alkanes of at least 4 members (excludes halogenated alkanes) is 14. The summed E-state index contributed by atoms with van der Waals surface area (Å²) in [7, 11) is 0. The maximum absolute atomic E-state index is 3.67. The Bertz CT molecular complexity index is 465. The average molecular weight is 452 g/mol. The summed E-state index contributed by atoms with van der Waals surface area (Å²) < 4.78 is 0. The van der Waals surface area contributed by atoms with E-state index in [1.54, 1.807) is 11.1 Å². The van der Waals surface area contributed by atoms with Gasteiger partial charge in [-0.3, -0.25) is 0 Å². The van der Waals surface area contributed by atoms with Gasteiger partial charge in [-0.15, -0.1) is 0 Å². The predicted molar refractivity (Wildman–Crippen MR) is 132 cm³/mol. The van der Waals surface area contributed by atoms with Crippen molar-refractivity contribution >= 4 is 15.9 Å². The number of hydrogen-bond donors (Lipinski definition) is 0. The lowest BCUT2D eigenvalue weighted by Gasteiger charge is -2.09. The van der Waals surface area contributed by atoms with Crippen molar-refractivity contribution in [3.8, 4) is 0 Å². The monoisotopic (exact) mass is 450 g/mol. The first-order chi connectivity index (χ1) is 13.8. The van der Waals surface area contributed by atoms with Gasteiger partial charge in [-0.1, -0.05) is 138 Å². The molecule has 0 saturated heterocycles. The SMILES string of the molecule is CCCCCCCCCCCCc1cc(CBr)cc(CCCCCCCC)c1. The lowest BCUT2D eigenvalue weighted by atomic mass is 9.97.